The summed E-state index contributed by atoms with van der Waals surface area (Å²) < 4.78 is 0. The van der Waals surface area contributed by atoms with Crippen molar-refractivity contribution in [1.29, 1.82) is 0 Å². The van der Waals surface area contributed by atoms with Crippen molar-refractivity contribution in [2.24, 2.45) is 44.7 Å². The molecular weight excluding hydrogens is 488 g/mol. The third-order valence-electron chi connectivity index (χ3n) is 10.7. The quantitative estimate of drug-likeness (QED) is 0.521. The zero-order chi connectivity index (χ0) is 27.0. The summed E-state index contributed by atoms with van der Waals surface area (Å²) in [4.78, 5) is 33.0. The zero-order valence-electron chi connectivity index (χ0n) is 22.9. The predicted molar refractivity (Wildman–Crippen MR) is 150 cm³/mol. The van der Waals surface area contributed by atoms with Crippen LogP contribution in [0.4, 0.5) is 0 Å². The molecule has 2 amide bonds. The van der Waals surface area contributed by atoms with Gasteiger partial charge in [-0.15, -0.1) is 0 Å². The highest BCUT2D eigenvalue weighted by atomic mass is 16.2. The van der Waals surface area contributed by atoms with Crippen molar-refractivity contribution in [3.63, 3.8) is 0 Å². The number of carbonyl (C=O) groups is 2. The van der Waals surface area contributed by atoms with Crippen molar-refractivity contribution in [2.75, 3.05) is 0 Å². The molecular formula is C31H38N6O2. The van der Waals surface area contributed by atoms with Crippen molar-refractivity contribution < 1.29 is 9.59 Å². The molecule has 4 fully saturated rings. The van der Waals surface area contributed by atoms with Crippen LogP contribution in [0.5, 0.6) is 0 Å². The molecule has 0 radical (unpaired) electrons. The molecule has 0 spiro atoms. The van der Waals surface area contributed by atoms with Crippen LogP contribution in [0.15, 0.2) is 59.3 Å². The molecule has 6 rings (SSSR count). The lowest BCUT2D eigenvalue weighted by Crippen LogP contribution is -2.53. The van der Waals surface area contributed by atoms with Crippen LogP contribution < -0.4 is 10.9 Å². The molecule has 2 aromatic heterocycles. The van der Waals surface area contributed by atoms with E-state index in [9.17, 15) is 9.59 Å². The molecule has 39 heavy (non-hydrogen) atoms. The van der Waals surface area contributed by atoms with Gasteiger partial charge in [-0.25, -0.2) is 10.9 Å². The van der Waals surface area contributed by atoms with Crippen molar-refractivity contribution in [2.45, 2.75) is 71.6 Å². The highest BCUT2D eigenvalue weighted by Gasteiger charge is 2.59. The Bertz CT molecular complexity index is 1290. The number of nitrogens with one attached hydrogen (secondary N) is 2. The molecule has 4 aliphatic rings. The highest BCUT2D eigenvalue weighted by molar-refractivity contribution is 5.97. The molecule has 4 saturated carbocycles. The maximum Gasteiger partial charge on any atom is 0.271 e. The average Bonchev–Trinajstić information content (AvgIpc) is 3.31. The van der Waals surface area contributed by atoms with Crippen LogP contribution in [0.25, 0.3) is 0 Å². The third kappa shape index (κ3) is 4.68. The van der Waals surface area contributed by atoms with E-state index in [4.69, 9.17) is 5.10 Å². The van der Waals surface area contributed by atoms with E-state index < -0.39 is 0 Å². The minimum Gasteiger partial charge on any atom is -0.267 e. The number of pyridine rings is 2. The predicted octanol–water partition coefficient (Wildman–Crippen LogP) is 5.39. The number of hydrogen-bond acceptors (Lipinski definition) is 6. The van der Waals surface area contributed by atoms with E-state index in [1.165, 1.54) is 25.0 Å². The monoisotopic (exact) mass is 526 g/mol. The molecule has 2 heterocycles. The van der Waals surface area contributed by atoms with Gasteiger partial charge in [0, 0.05) is 52.8 Å². The lowest BCUT2D eigenvalue weighted by Gasteiger charge is -2.59. The van der Waals surface area contributed by atoms with Crippen molar-refractivity contribution in [1.82, 2.24) is 20.8 Å². The smallest absolute Gasteiger partial charge is 0.267 e. The van der Waals surface area contributed by atoms with Gasteiger partial charge in [0.2, 0.25) is 0 Å². The van der Waals surface area contributed by atoms with Crippen molar-refractivity contribution in [3.05, 3.63) is 60.2 Å². The average molecular weight is 527 g/mol. The van der Waals surface area contributed by atoms with Crippen LogP contribution in [-0.2, 0) is 0 Å². The van der Waals surface area contributed by atoms with E-state index in [0.717, 1.165) is 44.2 Å². The topological polar surface area (TPSA) is 109 Å². The van der Waals surface area contributed by atoms with Gasteiger partial charge in [-0.1, -0.05) is 13.8 Å². The fraction of sp³-hybridized carbons (Fsp3) is 0.548. The molecule has 204 valence electrons. The first-order valence-electron chi connectivity index (χ1n) is 14.4. The maximum atomic E-state index is 12.6. The van der Waals surface area contributed by atoms with Crippen LogP contribution in [0.2, 0.25) is 0 Å². The van der Waals surface area contributed by atoms with Gasteiger partial charge in [0.1, 0.15) is 0 Å². The minimum atomic E-state index is -0.177. The van der Waals surface area contributed by atoms with Gasteiger partial charge in [0.25, 0.3) is 11.8 Å². The van der Waals surface area contributed by atoms with Crippen LogP contribution in [-0.4, -0.2) is 33.2 Å². The summed E-state index contributed by atoms with van der Waals surface area (Å²) in [7, 11) is 0. The maximum absolute atomic E-state index is 12.6. The summed E-state index contributed by atoms with van der Waals surface area (Å²) in [5.41, 5.74) is 9.45. The Hall–Kier alpha value is -3.42. The van der Waals surface area contributed by atoms with Crippen LogP contribution in [0.1, 0.15) is 92.4 Å². The molecule has 0 aromatic carbocycles. The second kappa shape index (κ2) is 10.3. The Kier molecular flexibility index (Phi) is 6.81. The van der Waals surface area contributed by atoms with Gasteiger partial charge in [0.15, 0.2) is 0 Å². The molecule has 0 aliphatic heterocycles. The molecule has 2 aromatic rings. The van der Waals surface area contributed by atoms with E-state index in [2.05, 4.69) is 39.8 Å². The number of amides is 2. The molecule has 8 heteroatoms. The fourth-order valence-electron chi connectivity index (χ4n) is 8.52. The molecule has 6 atom stereocenters. The summed E-state index contributed by atoms with van der Waals surface area (Å²) in [5.74, 6) is 2.31. The van der Waals surface area contributed by atoms with Gasteiger partial charge in [-0.3, -0.25) is 19.6 Å². The first kappa shape index (κ1) is 25.8. The molecule has 2 N–H and O–H groups in total. The Labute approximate surface area is 230 Å². The van der Waals surface area contributed by atoms with E-state index >= 15 is 0 Å². The van der Waals surface area contributed by atoms with Gasteiger partial charge in [0.05, 0.1) is 0 Å². The van der Waals surface area contributed by atoms with Gasteiger partial charge in [-0.05, 0) is 111 Å². The number of aromatic nitrogens is 2. The van der Waals surface area contributed by atoms with Gasteiger partial charge < -0.3 is 0 Å². The second-order valence-electron chi connectivity index (χ2n) is 12.4. The largest absolute Gasteiger partial charge is 0.271 e. The molecule has 0 saturated heterocycles. The van der Waals surface area contributed by atoms with E-state index in [1.54, 1.807) is 49.1 Å². The van der Waals surface area contributed by atoms with Gasteiger partial charge in [-0.2, -0.15) is 10.2 Å². The Balaban J connectivity index is 1.12. The summed E-state index contributed by atoms with van der Waals surface area (Å²) in [6.07, 6.45) is 16.5. The Morgan fingerprint density at radius 3 is 2.10 bits per heavy atom. The standard InChI is InChI=1S/C31H38N6O2/c1-30-13-7-23(34-36-28(38)20-9-15-32-16-10-20)19-22(30)3-4-24-25-5-6-27(31(25,2)14-8-26(24)30)35-37-29(39)21-11-17-33-18-12-21/h9-12,15-18,22,24-26H,3-8,13-14,19H2,1-2H3,(H,36,38)(H,37,39)/t22-,24-,25+,26+,30-,31-/m0/s1. The van der Waals surface area contributed by atoms with Crippen LogP contribution >= 0.6 is 0 Å². The van der Waals surface area contributed by atoms with Crippen LogP contribution in [0, 0.1) is 34.5 Å². The first-order chi connectivity index (χ1) is 18.9. The van der Waals surface area contributed by atoms with E-state index in [1.807, 2.05) is 0 Å². The van der Waals surface area contributed by atoms with Crippen molar-refractivity contribution in [3.8, 4) is 0 Å². The first-order valence-corrected chi connectivity index (χ1v) is 14.4. The Morgan fingerprint density at radius 2 is 1.44 bits per heavy atom. The van der Waals surface area contributed by atoms with E-state index in [0.29, 0.717) is 40.2 Å². The number of nitrogens with zero attached hydrogens (tertiary/aromatic N) is 4. The molecule has 4 aliphatic carbocycles. The number of carbonyl (C=O) groups excluding carboxylic acids is 2. The summed E-state index contributed by atoms with van der Waals surface area (Å²) in [6.45, 7) is 4.92. The fourth-order valence-corrected chi connectivity index (χ4v) is 8.52. The van der Waals surface area contributed by atoms with Crippen molar-refractivity contribution >= 4 is 23.2 Å². The lowest BCUT2D eigenvalue weighted by molar-refractivity contribution is -0.0815. The molecule has 8 nitrogen and oxygen atoms in total. The Morgan fingerprint density at radius 1 is 0.795 bits per heavy atom. The zero-order valence-corrected chi connectivity index (χ0v) is 22.9. The number of fused-ring (bicyclic) bond motifs is 5. The molecule has 0 bridgehead atoms. The lowest BCUT2D eigenvalue weighted by atomic mass is 9.45. The second-order valence-corrected chi connectivity index (χ2v) is 12.4. The normalized spacial score (nSPS) is 35.5. The SMILES string of the molecule is C[C@]12CCC(=NNC(=O)c3ccncc3)C[C@@H]1CC[C@@H]1[C@H]2CC[C@]2(C)C(=NNC(=O)c3ccncc3)CC[C@H]12. The third-order valence-corrected chi connectivity index (χ3v) is 10.7. The summed E-state index contributed by atoms with van der Waals surface area (Å²) in [5, 5.41) is 9.26. The number of hydrazone groups is 2. The summed E-state index contributed by atoms with van der Waals surface area (Å²) >= 11 is 0. The molecule has 0 unspecified atom stereocenters. The number of hydrogen-bond donors (Lipinski definition) is 2. The van der Waals surface area contributed by atoms with Gasteiger partial charge >= 0.3 is 0 Å². The summed E-state index contributed by atoms with van der Waals surface area (Å²) in [6, 6.07) is 6.85. The van der Waals surface area contributed by atoms with Crippen LogP contribution in [0.3, 0.4) is 0 Å². The highest BCUT2D eigenvalue weighted by Crippen LogP contribution is 2.65. The van der Waals surface area contributed by atoms with E-state index in [-0.39, 0.29) is 17.2 Å². The number of rotatable bonds is 4. The minimum absolute atomic E-state index is 0.0639.